The Bertz CT molecular complexity index is 3950. The van der Waals surface area contributed by atoms with E-state index >= 15 is 0 Å². The molecule has 2 saturated heterocycles. The highest BCUT2D eigenvalue weighted by Gasteiger charge is 2.31. The molecule has 0 radical (unpaired) electrons. The summed E-state index contributed by atoms with van der Waals surface area (Å²) in [6, 6.07) is 31.7. The molecule has 0 unspecified atom stereocenters. The number of thiazole rings is 2. The average molecular weight is 1240 g/mol. The van der Waals surface area contributed by atoms with Gasteiger partial charge in [-0.15, -0.1) is 35.1 Å². The summed E-state index contributed by atoms with van der Waals surface area (Å²) in [5, 5.41) is 15.3. The first-order chi connectivity index (χ1) is 38.2. The molecule has 26 heteroatoms. The van der Waals surface area contributed by atoms with Gasteiger partial charge in [0.05, 0.1) is 46.8 Å². The Morgan fingerprint density at radius 1 is 0.637 bits per heavy atom. The third-order valence-corrected chi connectivity index (χ3v) is 18.2. The highest BCUT2D eigenvalue weighted by atomic mass is 35.7. The van der Waals surface area contributed by atoms with Crippen molar-refractivity contribution >= 4 is 110 Å². The molecule has 8 heterocycles. The molecule has 12 rings (SSSR count). The van der Waals surface area contributed by atoms with Crippen LogP contribution in [0.4, 0.5) is 11.9 Å². The zero-order valence-corrected chi connectivity index (χ0v) is 49.2. The molecule has 2 fully saturated rings. The summed E-state index contributed by atoms with van der Waals surface area (Å²) in [7, 11) is 1.11. The summed E-state index contributed by atoms with van der Waals surface area (Å²) >= 11 is 14.6. The minimum absolute atomic E-state index is 0. The van der Waals surface area contributed by atoms with Crippen molar-refractivity contribution in [3.05, 3.63) is 155 Å². The monoisotopic (exact) mass is 1230 g/mol. The van der Waals surface area contributed by atoms with Crippen LogP contribution in [0.1, 0.15) is 25.7 Å². The van der Waals surface area contributed by atoms with Gasteiger partial charge < -0.3 is 25.4 Å². The fourth-order valence-electron chi connectivity index (χ4n) is 9.10. The van der Waals surface area contributed by atoms with E-state index < -0.39 is 19.1 Å². The normalized spacial score (nSPS) is 15.7. The lowest BCUT2D eigenvalue weighted by molar-refractivity contribution is 0.326. The molecule has 0 amide bonds. The molecule has 80 heavy (non-hydrogen) atoms. The number of piperidine rings is 2. The molecule has 0 saturated carbocycles. The van der Waals surface area contributed by atoms with Crippen molar-refractivity contribution in [2.24, 2.45) is 0 Å². The largest absolute Gasteiger partial charge is 0.497 e. The van der Waals surface area contributed by atoms with Crippen molar-refractivity contribution < 1.29 is 26.3 Å². The zero-order chi connectivity index (χ0) is 55.1. The van der Waals surface area contributed by atoms with E-state index in [1.165, 1.54) is 40.7 Å². The van der Waals surface area contributed by atoms with Crippen LogP contribution >= 0.6 is 69.0 Å². The molecule has 2 aliphatic heterocycles. The molecule has 2 atom stereocenters. The van der Waals surface area contributed by atoms with E-state index in [2.05, 4.69) is 30.3 Å². The van der Waals surface area contributed by atoms with Crippen molar-refractivity contribution in [3.63, 3.8) is 0 Å². The molecule has 3 N–H and O–H groups in total. The van der Waals surface area contributed by atoms with Crippen LogP contribution < -0.4 is 25.4 Å². The molecule has 0 spiro atoms. The molecule has 4 aromatic carbocycles. The number of imidazole rings is 2. The van der Waals surface area contributed by atoms with Crippen LogP contribution in [0.2, 0.25) is 10.0 Å². The van der Waals surface area contributed by atoms with Crippen molar-refractivity contribution in [2.45, 2.75) is 47.6 Å². The fourth-order valence-corrected chi connectivity index (χ4v) is 13.1. The highest BCUT2D eigenvalue weighted by Crippen LogP contribution is 2.37. The summed E-state index contributed by atoms with van der Waals surface area (Å²) < 4.78 is 64.2. The summed E-state index contributed by atoms with van der Waals surface area (Å²) in [5.74, 6) is 2.64. The molecule has 10 aromatic rings. The molecule has 6 aromatic heterocycles. The van der Waals surface area contributed by atoms with Gasteiger partial charge in [0.1, 0.15) is 22.9 Å². The van der Waals surface area contributed by atoms with Crippen LogP contribution in [0, 0.1) is 0 Å². The Kier molecular flexibility index (Phi) is 18.9. The van der Waals surface area contributed by atoms with Crippen molar-refractivity contribution in [1.82, 2.24) is 48.3 Å². The predicted octanol–water partition coefficient (Wildman–Crippen LogP) is 11.8. The van der Waals surface area contributed by atoms with E-state index in [-0.39, 0.29) is 28.2 Å². The second-order valence-corrected chi connectivity index (χ2v) is 25.2. The number of anilines is 2. The SMILES string of the molecule is COc1cccc(-c2nc3sccn3c2-c2ccnc(N[C@@H]3CCCN(S(=O)(=O)c4ccc(Cl)cc4)C3)n2)c1.COc1cccc(-c2nc3sccn3c2-c2ccnc(N[C@@H]3CCCNC3)n2)c1.Cl.O=S(=O)(Cl)c1ccc(Cl)cc1. The number of ether oxygens (including phenoxy) is 2. The highest BCUT2D eigenvalue weighted by molar-refractivity contribution is 8.13. The van der Waals surface area contributed by atoms with E-state index in [0.717, 1.165) is 99.8 Å². The Hall–Kier alpha value is -6.44. The molecular formula is C54H52Cl4N12O6S4. The third-order valence-electron chi connectivity index (χ3n) is 12.9. The van der Waals surface area contributed by atoms with Crippen LogP contribution in [0.5, 0.6) is 11.5 Å². The third kappa shape index (κ3) is 13.6. The second kappa shape index (κ2) is 26.0. The van der Waals surface area contributed by atoms with Crippen LogP contribution in [0.15, 0.2) is 155 Å². The standard InChI is InChI=1S/C27H25ClN6O3S2.C21H22N6OS.C6H4Cl2O2S.ClH/c1-37-21-6-2-4-18(16-21)24-25(34-14-15-38-27(34)32-24)23-11-12-29-26(31-23)30-20-5-3-13-33(17-20)39(35,36)22-9-7-19(28)8-10-22;1-28-16-6-2-4-14(12-16)18-19(27-10-11-29-21(27)26-18)17-7-9-23-20(25-17)24-15-5-3-8-22-13-15;7-5-1-3-6(4-2-5)11(8,9)10;/h2,4,6-12,14-16,20H,3,5,13,17H2,1H3,(H,29,30,31);2,4,6-7,9-12,15,22H,3,5,8,13H2,1H3,(H,23,24,25);1-4H;1H/t20-;15-;;/m11../s1. The lowest BCUT2D eigenvalue weighted by Gasteiger charge is -2.32. The summed E-state index contributed by atoms with van der Waals surface area (Å²) in [5.41, 5.74) is 6.96. The Morgan fingerprint density at radius 2 is 1.14 bits per heavy atom. The molecule has 18 nitrogen and oxygen atoms in total. The van der Waals surface area contributed by atoms with E-state index in [4.69, 9.17) is 63.3 Å². The summed E-state index contributed by atoms with van der Waals surface area (Å²) in [6.07, 6.45) is 11.3. The smallest absolute Gasteiger partial charge is 0.261 e. The minimum Gasteiger partial charge on any atom is -0.497 e. The number of hydrogen-bond donors (Lipinski definition) is 3. The number of methoxy groups -OCH3 is 2. The molecule has 0 bridgehead atoms. The first kappa shape index (κ1) is 58.2. The van der Waals surface area contributed by atoms with Gasteiger partial charge in [0, 0.05) is 99.1 Å². The maximum Gasteiger partial charge on any atom is 0.261 e. The van der Waals surface area contributed by atoms with E-state index in [0.29, 0.717) is 46.8 Å². The number of fused-ring (bicyclic) bond motifs is 2. The van der Waals surface area contributed by atoms with Crippen LogP contribution in [-0.2, 0) is 19.1 Å². The van der Waals surface area contributed by atoms with Crippen molar-refractivity contribution in [3.8, 4) is 56.8 Å². The topological polar surface area (TPSA) is 212 Å². The van der Waals surface area contributed by atoms with Crippen molar-refractivity contribution in [2.75, 3.05) is 51.0 Å². The van der Waals surface area contributed by atoms with Gasteiger partial charge in [0.15, 0.2) is 9.92 Å². The number of benzene rings is 4. The van der Waals surface area contributed by atoms with Gasteiger partial charge in [-0.3, -0.25) is 8.80 Å². The number of nitrogens with zero attached hydrogens (tertiary/aromatic N) is 9. The van der Waals surface area contributed by atoms with Crippen LogP contribution in [-0.4, -0.2) is 112 Å². The fraction of sp³-hybridized carbons (Fsp3) is 0.222. The number of hydrogen-bond acceptors (Lipinski definition) is 17. The van der Waals surface area contributed by atoms with Gasteiger partial charge in [0.25, 0.3) is 9.05 Å². The second-order valence-electron chi connectivity index (χ2n) is 18.1. The number of nitrogens with one attached hydrogen (secondary N) is 3. The quantitative estimate of drug-likeness (QED) is 0.0916. The first-order valence-corrected chi connectivity index (χ1v) is 31.1. The van der Waals surface area contributed by atoms with Gasteiger partial charge in [-0.25, -0.2) is 46.7 Å². The first-order valence-electron chi connectivity index (χ1n) is 24.8. The number of halogens is 4. The summed E-state index contributed by atoms with van der Waals surface area (Å²) in [6.45, 7) is 2.79. The molecule has 2 aliphatic rings. The van der Waals surface area contributed by atoms with Gasteiger partial charge in [0.2, 0.25) is 21.9 Å². The van der Waals surface area contributed by atoms with E-state index in [1.54, 1.807) is 55.2 Å². The Labute approximate surface area is 491 Å². The zero-order valence-electron chi connectivity index (χ0n) is 42.8. The Balaban J connectivity index is 0.000000165. The number of rotatable bonds is 13. The maximum absolute atomic E-state index is 13.2. The van der Waals surface area contributed by atoms with Gasteiger partial charge in [-0.1, -0.05) is 47.5 Å². The minimum atomic E-state index is -3.63. The van der Waals surface area contributed by atoms with Gasteiger partial charge >= 0.3 is 0 Å². The number of sulfonamides is 1. The maximum atomic E-state index is 13.2. The van der Waals surface area contributed by atoms with E-state index in [9.17, 15) is 16.8 Å². The molecule has 0 aliphatic carbocycles. The Morgan fingerprint density at radius 3 is 1.62 bits per heavy atom. The molecular weight excluding hydrogens is 1180 g/mol. The predicted molar refractivity (Wildman–Crippen MR) is 320 cm³/mol. The van der Waals surface area contributed by atoms with Gasteiger partial charge in [-0.2, -0.15) is 4.31 Å². The van der Waals surface area contributed by atoms with Gasteiger partial charge in [-0.05, 0) is 117 Å². The lowest BCUT2D eigenvalue weighted by atomic mass is 10.1. The number of aromatic nitrogens is 8. The van der Waals surface area contributed by atoms with Crippen LogP contribution in [0.25, 0.3) is 55.2 Å². The average Bonchev–Trinajstić information content (AvgIpc) is 4.41. The van der Waals surface area contributed by atoms with E-state index in [1.807, 2.05) is 94.4 Å². The lowest BCUT2D eigenvalue weighted by Crippen LogP contribution is -2.45. The van der Waals surface area contributed by atoms with Crippen molar-refractivity contribution in [1.29, 1.82) is 0 Å². The summed E-state index contributed by atoms with van der Waals surface area (Å²) in [4.78, 5) is 30.4. The van der Waals surface area contributed by atoms with Crippen LogP contribution in [0.3, 0.4) is 0 Å². The molecule has 416 valence electrons.